The minimum atomic E-state index is -0.495. The SMILES string of the molecule is O=C(CCCCCCCCC#CC#CCCCCCCCCC(=O)On1c(O)ccc1O)On1c(O)ccc1O. The second-order valence-electron chi connectivity index (χ2n) is 9.46. The number of carbonyl (C=O) groups excluding carboxylic acids is 2. The van der Waals surface area contributed by atoms with E-state index < -0.39 is 11.9 Å². The second-order valence-corrected chi connectivity index (χ2v) is 9.46. The van der Waals surface area contributed by atoms with Crippen LogP contribution in [0.5, 0.6) is 23.5 Å². The van der Waals surface area contributed by atoms with E-state index in [-0.39, 0.29) is 36.4 Å². The van der Waals surface area contributed by atoms with E-state index in [1.807, 2.05) is 0 Å². The van der Waals surface area contributed by atoms with Gasteiger partial charge < -0.3 is 30.1 Å². The van der Waals surface area contributed by atoms with Crippen LogP contribution in [-0.4, -0.2) is 41.8 Å². The molecule has 218 valence electrons. The predicted molar refractivity (Wildman–Crippen MR) is 148 cm³/mol. The molecule has 4 N–H and O–H groups in total. The Morgan fingerprint density at radius 2 is 0.825 bits per heavy atom. The van der Waals surface area contributed by atoms with E-state index in [9.17, 15) is 30.0 Å². The fourth-order valence-electron chi connectivity index (χ4n) is 3.88. The van der Waals surface area contributed by atoms with Crippen molar-refractivity contribution in [2.75, 3.05) is 0 Å². The van der Waals surface area contributed by atoms with Gasteiger partial charge in [0.1, 0.15) is 0 Å². The molecule has 2 heterocycles. The average molecular weight is 557 g/mol. The van der Waals surface area contributed by atoms with Crippen molar-refractivity contribution < 1.29 is 39.7 Å². The molecule has 10 nitrogen and oxygen atoms in total. The third-order valence-corrected chi connectivity index (χ3v) is 6.09. The minimum Gasteiger partial charge on any atom is -0.492 e. The minimum absolute atomic E-state index is 0.232. The Balaban J connectivity index is 1.34. The number of aromatic nitrogens is 2. The summed E-state index contributed by atoms with van der Waals surface area (Å²) >= 11 is 0. The van der Waals surface area contributed by atoms with Crippen molar-refractivity contribution in [2.24, 2.45) is 0 Å². The molecule has 0 fully saturated rings. The second kappa shape index (κ2) is 19.0. The summed E-state index contributed by atoms with van der Waals surface area (Å²) < 4.78 is 1.41. The Bertz CT molecular complexity index is 1040. The molecule has 0 amide bonds. The van der Waals surface area contributed by atoms with Crippen LogP contribution in [-0.2, 0) is 9.59 Å². The van der Waals surface area contributed by atoms with Crippen LogP contribution in [0.2, 0.25) is 0 Å². The van der Waals surface area contributed by atoms with Crippen LogP contribution in [0.3, 0.4) is 0 Å². The van der Waals surface area contributed by atoms with E-state index >= 15 is 0 Å². The van der Waals surface area contributed by atoms with Gasteiger partial charge in [-0.1, -0.05) is 63.2 Å². The molecular weight excluding hydrogens is 516 g/mol. The van der Waals surface area contributed by atoms with Crippen LogP contribution in [0, 0.1) is 23.7 Å². The quantitative estimate of drug-likeness (QED) is 0.149. The summed E-state index contributed by atoms with van der Waals surface area (Å²) in [6.45, 7) is 0. The zero-order valence-corrected chi connectivity index (χ0v) is 22.9. The molecule has 2 rings (SSSR count). The Kier molecular flexibility index (Phi) is 15.2. The summed E-state index contributed by atoms with van der Waals surface area (Å²) in [7, 11) is 0. The zero-order valence-electron chi connectivity index (χ0n) is 22.9. The number of aromatic hydroxyl groups is 4. The molecule has 0 unspecified atom stereocenters. The molecule has 0 atom stereocenters. The Labute approximate surface area is 235 Å². The average Bonchev–Trinajstić information content (AvgIpc) is 3.42. The van der Waals surface area contributed by atoms with Gasteiger partial charge in [-0.2, -0.15) is 0 Å². The van der Waals surface area contributed by atoms with Gasteiger partial charge in [0.25, 0.3) is 0 Å². The number of hydrogen-bond acceptors (Lipinski definition) is 8. The summed E-state index contributed by atoms with van der Waals surface area (Å²) in [5.41, 5.74) is 0. The topological polar surface area (TPSA) is 143 Å². The molecule has 0 saturated heterocycles. The van der Waals surface area contributed by atoms with E-state index in [0.29, 0.717) is 22.3 Å². The number of nitrogens with zero attached hydrogens (tertiary/aromatic N) is 2. The van der Waals surface area contributed by atoms with Crippen molar-refractivity contribution >= 4 is 11.9 Å². The van der Waals surface area contributed by atoms with Gasteiger partial charge >= 0.3 is 11.9 Å². The fraction of sp³-hybridized carbons (Fsp3) is 0.533. The number of hydrogen-bond donors (Lipinski definition) is 4. The lowest BCUT2D eigenvalue weighted by atomic mass is 10.1. The first-order chi connectivity index (χ1) is 19.4. The summed E-state index contributed by atoms with van der Waals surface area (Å²) in [5.74, 6) is 9.73. The molecule has 0 saturated carbocycles. The first-order valence-electron chi connectivity index (χ1n) is 14.0. The standard InChI is InChI=1S/C30H40N2O8/c33-25-21-22-26(34)31(25)39-29(37)19-17-15-13-11-9-7-5-3-1-2-4-6-8-10-12-14-16-18-20-30(38)40-32-27(35)23-24-28(32)36/h21-24,33-36H,5-20H2. The molecule has 0 aliphatic carbocycles. The van der Waals surface area contributed by atoms with E-state index in [1.165, 1.54) is 24.3 Å². The molecule has 0 aromatic carbocycles. The molecule has 40 heavy (non-hydrogen) atoms. The van der Waals surface area contributed by atoms with E-state index in [1.54, 1.807) is 0 Å². The third kappa shape index (κ3) is 13.1. The molecule has 2 aromatic rings. The third-order valence-electron chi connectivity index (χ3n) is 6.09. The van der Waals surface area contributed by atoms with Crippen molar-refractivity contribution in [3.05, 3.63) is 24.3 Å². The lowest BCUT2D eigenvalue weighted by Gasteiger charge is -2.06. The van der Waals surface area contributed by atoms with Gasteiger partial charge in [-0.25, -0.2) is 9.59 Å². The summed E-state index contributed by atoms with van der Waals surface area (Å²) in [4.78, 5) is 33.3. The number of rotatable bonds is 18. The van der Waals surface area contributed by atoms with Gasteiger partial charge in [-0.15, -0.1) is 9.46 Å². The van der Waals surface area contributed by atoms with Crippen LogP contribution in [0.25, 0.3) is 0 Å². The monoisotopic (exact) mass is 556 g/mol. The zero-order chi connectivity index (χ0) is 29.0. The highest BCUT2D eigenvalue weighted by Gasteiger charge is 2.12. The van der Waals surface area contributed by atoms with Crippen molar-refractivity contribution in [2.45, 2.75) is 103 Å². The molecule has 0 aliphatic rings. The highest BCUT2D eigenvalue weighted by Crippen LogP contribution is 2.20. The van der Waals surface area contributed by atoms with Gasteiger partial charge in [0.05, 0.1) is 0 Å². The Morgan fingerprint density at radius 3 is 1.18 bits per heavy atom. The van der Waals surface area contributed by atoms with Crippen LogP contribution < -0.4 is 9.68 Å². The van der Waals surface area contributed by atoms with Gasteiger partial charge in [0.15, 0.2) is 0 Å². The molecule has 0 bridgehead atoms. The highest BCUT2D eigenvalue weighted by atomic mass is 16.7. The molecule has 0 aliphatic heterocycles. The van der Waals surface area contributed by atoms with E-state index in [0.717, 1.165) is 77.0 Å². The van der Waals surface area contributed by atoms with Gasteiger partial charge in [-0.3, -0.25) is 0 Å². The van der Waals surface area contributed by atoms with Crippen LogP contribution in [0.4, 0.5) is 0 Å². The molecule has 0 spiro atoms. The Morgan fingerprint density at radius 1 is 0.525 bits per heavy atom. The molecular formula is C30H40N2O8. The number of carbonyl (C=O) groups is 2. The largest absolute Gasteiger partial charge is 0.492 e. The van der Waals surface area contributed by atoms with Gasteiger partial charge in [0.2, 0.25) is 23.5 Å². The lowest BCUT2D eigenvalue weighted by Crippen LogP contribution is -2.18. The summed E-state index contributed by atoms with van der Waals surface area (Å²) in [6.07, 6.45) is 13.8. The first kappa shape index (κ1) is 32.0. The summed E-state index contributed by atoms with van der Waals surface area (Å²) in [6, 6.07) is 4.98. The van der Waals surface area contributed by atoms with Gasteiger partial charge in [0, 0.05) is 49.9 Å². The van der Waals surface area contributed by atoms with Crippen LogP contribution in [0.1, 0.15) is 103 Å². The van der Waals surface area contributed by atoms with Gasteiger partial charge in [-0.05, 0) is 37.5 Å². The van der Waals surface area contributed by atoms with Crippen molar-refractivity contribution in [1.82, 2.24) is 9.46 Å². The van der Waals surface area contributed by atoms with E-state index in [4.69, 9.17) is 9.68 Å². The molecule has 2 aromatic heterocycles. The summed E-state index contributed by atoms with van der Waals surface area (Å²) in [5, 5.41) is 37.8. The molecule has 10 heteroatoms. The smallest absolute Gasteiger partial charge is 0.333 e. The van der Waals surface area contributed by atoms with Crippen LogP contribution >= 0.6 is 0 Å². The maximum atomic E-state index is 11.8. The Hall–Kier alpha value is -4.18. The fourth-order valence-corrected chi connectivity index (χ4v) is 3.88. The highest BCUT2D eigenvalue weighted by molar-refractivity contribution is 5.70. The lowest BCUT2D eigenvalue weighted by molar-refractivity contribution is -0.146. The number of unbranched alkanes of at least 4 members (excludes halogenated alkanes) is 12. The first-order valence-corrected chi connectivity index (χ1v) is 14.0. The van der Waals surface area contributed by atoms with Crippen molar-refractivity contribution in [3.63, 3.8) is 0 Å². The molecule has 0 radical (unpaired) electrons. The predicted octanol–water partition coefficient (Wildman–Crippen LogP) is 4.97. The van der Waals surface area contributed by atoms with Crippen molar-refractivity contribution in [3.8, 4) is 47.2 Å². The maximum absolute atomic E-state index is 11.8. The van der Waals surface area contributed by atoms with Crippen LogP contribution in [0.15, 0.2) is 24.3 Å². The maximum Gasteiger partial charge on any atom is 0.333 e. The van der Waals surface area contributed by atoms with E-state index in [2.05, 4.69) is 23.7 Å². The van der Waals surface area contributed by atoms with Crippen molar-refractivity contribution in [1.29, 1.82) is 0 Å². The normalized spacial score (nSPS) is 10.3.